The summed E-state index contributed by atoms with van der Waals surface area (Å²) in [7, 11) is 0. The van der Waals surface area contributed by atoms with Gasteiger partial charge in [0, 0.05) is 55.7 Å². The van der Waals surface area contributed by atoms with Crippen LogP contribution in [0.5, 0.6) is 11.5 Å². The Hall–Kier alpha value is -8.34. The average Bonchev–Trinajstić information content (AvgIpc) is 3.73. The minimum absolute atomic E-state index is 0.816. The van der Waals surface area contributed by atoms with E-state index in [0.717, 1.165) is 101 Å². The molecule has 292 valence electrons. The van der Waals surface area contributed by atoms with Crippen molar-refractivity contribution in [3.63, 3.8) is 0 Å². The number of furan rings is 1. The van der Waals surface area contributed by atoms with Crippen molar-refractivity contribution >= 4 is 66.8 Å². The van der Waals surface area contributed by atoms with Gasteiger partial charge in [0.05, 0.1) is 5.69 Å². The van der Waals surface area contributed by atoms with Crippen LogP contribution in [0.4, 0.5) is 34.1 Å². The van der Waals surface area contributed by atoms with Gasteiger partial charge in [0.25, 0.3) is 0 Å². The van der Waals surface area contributed by atoms with Gasteiger partial charge in [0.15, 0.2) is 5.75 Å². The molecule has 0 spiro atoms. The zero-order valence-electron chi connectivity index (χ0n) is 33.7. The lowest BCUT2D eigenvalue weighted by molar-refractivity contribution is 0.488. The molecule has 4 nitrogen and oxygen atoms in total. The van der Waals surface area contributed by atoms with E-state index < -0.39 is 0 Å². The summed E-state index contributed by atoms with van der Waals surface area (Å²) < 4.78 is 13.5. The van der Waals surface area contributed by atoms with Gasteiger partial charge < -0.3 is 19.0 Å². The van der Waals surface area contributed by atoms with Crippen molar-refractivity contribution in [2.45, 2.75) is 0 Å². The third-order valence-electron chi connectivity index (χ3n) is 12.0. The second-order valence-corrected chi connectivity index (χ2v) is 15.7. The van der Waals surface area contributed by atoms with Gasteiger partial charge in [0.1, 0.15) is 16.9 Å². The molecule has 0 unspecified atom stereocenters. The van der Waals surface area contributed by atoms with Crippen molar-refractivity contribution in [3.8, 4) is 44.9 Å². The van der Waals surface area contributed by atoms with Crippen LogP contribution in [-0.4, -0.2) is 0 Å². The zero-order chi connectivity index (χ0) is 41.0. The fraction of sp³-hybridized carbons (Fsp3) is 0. The zero-order valence-corrected chi connectivity index (χ0v) is 33.7. The van der Waals surface area contributed by atoms with E-state index in [0.29, 0.717) is 0 Å². The number of nitrogens with zero attached hydrogens (tertiary/aromatic N) is 2. The number of ether oxygens (including phenoxy) is 1. The van der Waals surface area contributed by atoms with Crippen LogP contribution >= 0.6 is 0 Å². The summed E-state index contributed by atoms with van der Waals surface area (Å²) in [6.07, 6.45) is 0. The number of para-hydroxylation sites is 4. The number of hydrogen-bond donors (Lipinski definition) is 0. The molecule has 11 aromatic rings. The van der Waals surface area contributed by atoms with Gasteiger partial charge in [0.2, 0.25) is 0 Å². The average molecular weight is 795 g/mol. The molecule has 0 bridgehead atoms. The van der Waals surface area contributed by atoms with Crippen molar-refractivity contribution in [2.75, 3.05) is 9.80 Å². The second kappa shape index (κ2) is 14.7. The lowest BCUT2D eigenvalue weighted by Crippen LogP contribution is -2.13. The highest BCUT2D eigenvalue weighted by Crippen LogP contribution is 2.54. The molecule has 0 saturated heterocycles. The van der Waals surface area contributed by atoms with Crippen LogP contribution in [0.2, 0.25) is 0 Å². The molecule has 12 rings (SSSR count). The Balaban J connectivity index is 0.991. The van der Waals surface area contributed by atoms with Gasteiger partial charge in [-0.15, -0.1) is 0 Å². The lowest BCUT2D eigenvalue weighted by Gasteiger charge is -2.31. The Morgan fingerprint density at radius 3 is 1.63 bits per heavy atom. The molecule has 1 aliphatic rings. The van der Waals surface area contributed by atoms with E-state index in [9.17, 15) is 0 Å². The van der Waals surface area contributed by atoms with Crippen molar-refractivity contribution < 1.29 is 9.15 Å². The van der Waals surface area contributed by atoms with Crippen LogP contribution in [0.3, 0.4) is 0 Å². The highest BCUT2D eigenvalue weighted by atomic mass is 16.5. The molecule has 1 aromatic heterocycles. The van der Waals surface area contributed by atoms with E-state index in [4.69, 9.17) is 9.15 Å². The predicted octanol–water partition coefficient (Wildman–Crippen LogP) is 16.8. The quantitative estimate of drug-likeness (QED) is 0.153. The second-order valence-electron chi connectivity index (χ2n) is 15.7. The summed E-state index contributed by atoms with van der Waals surface area (Å²) in [5.74, 6) is 1.66. The molecule has 0 fully saturated rings. The number of rotatable bonds is 8. The van der Waals surface area contributed by atoms with Crippen LogP contribution in [-0.2, 0) is 0 Å². The first-order valence-corrected chi connectivity index (χ1v) is 21.0. The minimum atomic E-state index is 0.816. The summed E-state index contributed by atoms with van der Waals surface area (Å²) in [5.41, 5.74) is 14.7. The fourth-order valence-electron chi connectivity index (χ4n) is 9.13. The maximum atomic E-state index is 7.07. The first kappa shape index (κ1) is 35.6. The van der Waals surface area contributed by atoms with Gasteiger partial charge in [-0.3, -0.25) is 0 Å². The van der Waals surface area contributed by atoms with E-state index in [1.54, 1.807) is 0 Å². The largest absolute Gasteiger partial charge is 0.455 e. The smallest absolute Gasteiger partial charge is 0.159 e. The van der Waals surface area contributed by atoms with Gasteiger partial charge in [-0.25, -0.2) is 0 Å². The van der Waals surface area contributed by atoms with Crippen LogP contribution < -0.4 is 14.5 Å². The topological polar surface area (TPSA) is 28.9 Å². The maximum Gasteiger partial charge on any atom is 0.159 e. The molecule has 62 heavy (non-hydrogen) atoms. The summed E-state index contributed by atoms with van der Waals surface area (Å²) in [6, 6.07) is 81.4. The molecule has 10 aromatic carbocycles. The van der Waals surface area contributed by atoms with E-state index in [2.05, 4.69) is 228 Å². The summed E-state index contributed by atoms with van der Waals surface area (Å²) in [4.78, 5) is 4.61. The standard InChI is InChI=1S/C58H38N2O2/c1-4-14-39(15-5-1)40-26-31-45(32-27-40)59(46-33-28-41(29-34-46)48-22-13-24-51-49-21-10-11-25-54(49)61-57(48)51)47-35-37-55-52(38-47)50-23-12-16-42-30-36-53(58(62-55)56(42)50)60(43-17-6-2-7-18-43)44-19-8-3-9-20-44/h1-38H. The molecule has 1 aliphatic heterocycles. The van der Waals surface area contributed by atoms with Crippen LogP contribution in [0.15, 0.2) is 235 Å². The van der Waals surface area contributed by atoms with Crippen molar-refractivity contribution in [3.05, 3.63) is 231 Å². The van der Waals surface area contributed by atoms with Crippen molar-refractivity contribution in [1.29, 1.82) is 0 Å². The van der Waals surface area contributed by atoms with E-state index in [1.165, 1.54) is 11.1 Å². The van der Waals surface area contributed by atoms with Gasteiger partial charge in [-0.05, 0) is 107 Å². The summed E-state index contributed by atoms with van der Waals surface area (Å²) in [5, 5.41) is 4.47. The molecule has 2 heterocycles. The normalized spacial score (nSPS) is 11.7. The molecular formula is C58H38N2O2. The third kappa shape index (κ3) is 6.00. The van der Waals surface area contributed by atoms with Crippen LogP contribution in [0.1, 0.15) is 0 Å². The van der Waals surface area contributed by atoms with Crippen LogP contribution in [0, 0.1) is 0 Å². The highest BCUT2D eigenvalue weighted by Gasteiger charge is 2.27. The SMILES string of the molecule is c1ccc(-c2ccc(N(c3ccc(-c4cccc5c4oc4ccccc45)cc3)c3ccc4c(c3)-c3cccc5ccc(N(c6ccccc6)c6ccccc6)c(c35)O4)cc2)cc1. The van der Waals surface area contributed by atoms with E-state index >= 15 is 0 Å². The highest BCUT2D eigenvalue weighted by molar-refractivity contribution is 6.10. The molecular weight excluding hydrogens is 757 g/mol. The predicted molar refractivity (Wildman–Crippen MR) is 257 cm³/mol. The Bertz CT molecular complexity index is 3380. The molecule has 4 heteroatoms. The summed E-state index contributed by atoms with van der Waals surface area (Å²) >= 11 is 0. The third-order valence-corrected chi connectivity index (χ3v) is 12.0. The Kier molecular flexibility index (Phi) is 8.46. The summed E-state index contributed by atoms with van der Waals surface area (Å²) in [6.45, 7) is 0. The minimum Gasteiger partial charge on any atom is -0.455 e. The first-order valence-electron chi connectivity index (χ1n) is 21.0. The number of fused-ring (bicyclic) bond motifs is 5. The molecule has 0 amide bonds. The Labute approximate surface area is 359 Å². The Morgan fingerprint density at radius 2 is 0.903 bits per heavy atom. The molecule has 0 saturated carbocycles. The van der Waals surface area contributed by atoms with Crippen molar-refractivity contribution in [1.82, 2.24) is 0 Å². The number of benzene rings is 10. The number of hydrogen-bond acceptors (Lipinski definition) is 4. The van der Waals surface area contributed by atoms with Gasteiger partial charge >= 0.3 is 0 Å². The fourth-order valence-corrected chi connectivity index (χ4v) is 9.13. The van der Waals surface area contributed by atoms with Crippen molar-refractivity contribution in [2.24, 2.45) is 0 Å². The molecule has 0 aliphatic carbocycles. The lowest BCUT2D eigenvalue weighted by atomic mass is 9.93. The molecule has 0 atom stereocenters. The monoisotopic (exact) mass is 794 g/mol. The Morgan fingerprint density at radius 1 is 0.339 bits per heavy atom. The first-order chi connectivity index (χ1) is 30.7. The van der Waals surface area contributed by atoms with E-state index in [1.807, 2.05) is 12.1 Å². The van der Waals surface area contributed by atoms with E-state index in [-0.39, 0.29) is 0 Å². The van der Waals surface area contributed by atoms with Crippen LogP contribution in [0.25, 0.3) is 66.1 Å². The molecule has 0 N–H and O–H groups in total. The van der Waals surface area contributed by atoms with Gasteiger partial charge in [-0.2, -0.15) is 0 Å². The van der Waals surface area contributed by atoms with Gasteiger partial charge in [-0.1, -0.05) is 152 Å². The number of anilines is 6. The maximum absolute atomic E-state index is 7.07. The molecule has 0 radical (unpaired) electrons.